The van der Waals surface area contributed by atoms with E-state index < -0.39 is 8.32 Å². The average molecular weight is 331 g/mol. The van der Waals surface area contributed by atoms with Gasteiger partial charge in [-0.25, -0.2) is 0 Å². The van der Waals surface area contributed by atoms with Gasteiger partial charge in [-0.1, -0.05) is 103 Å². The molecule has 0 saturated carbocycles. The molecule has 0 atom stereocenters. The monoisotopic (exact) mass is 330 g/mol. The van der Waals surface area contributed by atoms with Crippen molar-refractivity contribution in [2.24, 2.45) is 0 Å². The summed E-state index contributed by atoms with van der Waals surface area (Å²) in [5.41, 5.74) is 1.20. The van der Waals surface area contributed by atoms with Gasteiger partial charge in [-0.05, 0) is 22.5 Å². The third-order valence-electron chi connectivity index (χ3n) is 4.23. The predicted molar refractivity (Wildman–Crippen MR) is 105 cm³/mol. The van der Waals surface area contributed by atoms with Gasteiger partial charge in [0.2, 0.25) is 0 Å². The highest BCUT2D eigenvalue weighted by atomic mass is 28.4. The molecule has 0 aromatic heterocycles. The second kappa shape index (κ2) is 7.91. The van der Waals surface area contributed by atoms with Gasteiger partial charge < -0.3 is 4.43 Å². The summed E-state index contributed by atoms with van der Waals surface area (Å²) in [6.45, 7) is 2.88. The summed E-state index contributed by atoms with van der Waals surface area (Å²) in [6, 6.07) is 31.5. The summed E-state index contributed by atoms with van der Waals surface area (Å²) in [6.07, 6.45) is 4.22. The van der Waals surface area contributed by atoms with Crippen molar-refractivity contribution in [2.75, 3.05) is 6.61 Å². The fraction of sp³-hybridized carbons (Fsp3) is 0.0909. The number of hydrogen-bond acceptors (Lipinski definition) is 1. The third-order valence-corrected chi connectivity index (χ3v) is 7.84. The van der Waals surface area contributed by atoms with Gasteiger partial charge in [0, 0.05) is 0 Å². The molecule has 0 aliphatic carbocycles. The summed E-state index contributed by atoms with van der Waals surface area (Å²) >= 11 is 0. The lowest BCUT2D eigenvalue weighted by atomic mass is 10.2. The molecule has 3 rings (SSSR count). The third kappa shape index (κ3) is 3.91. The summed E-state index contributed by atoms with van der Waals surface area (Å²) in [5, 5.41) is 2.59. The van der Waals surface area contributed by atoms with Gasteiger partial charge in [0.15, 0.2) is 0 Å². The summed E-state index contributed by atoms with van der Waals surface area (Å²) in [5.74, 6) is 0. The Morgan fingerprint density at radius 3 is 1.67 bits per heavy atom. The van der Waals surface area contributed by atoms with E-state index in [1.165, 1.54) is 15.9 Å². The van der Waals surface area contributed by atoms with Gasteiger partial charge in [0.25, 0.3) is 8.32 Å². The van der Waals surface area contributed by atoms with Crippen molar-refractivity contribution in [1.82, 2.24) is 0 Å². The van der Waals surface area contributed by atoms with Crippen molar-refractivity contribution in [1.29, 1.82) is 0 Å². The molecular weight excluding hydrogens is 308 g/mol. The van der Waals surface area contributed by atoms with Gasteiger partial charge in [0.1, 0.15) is 0 Å². The first-order valence-electron chi connectivity index (χ1n) is 8.26. The quantitative estimate of drug-likeness (QED) is 0.618. The molecule has 0 unspecified atom stereocenters. The minimum absolute atomic E-state index is 0.613. The topological polar surface area (TPSA) is 9.23 Å². The van der Waals surface area contributed by atoms with Crippen LogP contribution >= 0.6 is 0 Å². The Balaban J connectivity index is 1.80. The number of hydrogen-bond donors (Lipinski definition) is 0. The first kappa shape index (κ1) is 16.4. The first-order valence-corrected chi connectivity index (χ1v) is 10.7. The predicted octanol–water partition coefficient (Wildman–Crippen LogP) is 4.11. The van der Waals surface area contributed by atoms with E-state index in [1.807, 2.05) is 18.2 Å². The largest absolute Gasteiger partial charge is 0.405 e. The SMILES string of the molecule is C[Si](OC/C=C/c1ccccc1)(c1ccccc1)c1ccccc1. The molecule has 0 bridgehead atoms. The Morgan fingerprint density at radius 2 is 1.17 bits per heavy atom. The van der Waals surface area contributed by atoms with Crippen molar-refractivity contribution in [3.05, 3.63) is 103 Å². The maximum atomic E-state index is 6.48. The van der Waals surface area contributed by atoms with Crippen LogP contribution in [0.15, 0.2) is 97.1 Å². The lowest BCUT2D eigenvalue weighted by Gasteiger charge is -2.28. The molecule has 0 saturated heterocycles. The zero-order valence-corrected chi connectivity index (χ0v) is 14.9. The molecule has 0 N–H and O–H groups in total. The molecule has 2 heteroatoms. The lowest BCUT2D eigenvalue weighted by Crippen LogP contribution is -2.58. The van der Waals surface area contributed by atoms with Crippen LogP contribution < -0.4 is 10.4 Å². The molecule has 0 fully saturated rings. The van der Waals surface area contributed by atoms with E-state index in [0.717, 1.165) is 0 Å². The summed E-state index contributed by atoms with van der Waals surface area (Å²) < 4.78 is 6.48. The van der Waals surface area contributed by atoms with Gasteiger partial charge in [0.05, 0.1) is 6.61 Å². The number of rotatable bonds is 6. The zero-order valence-electron chi connectivity index (χ0n) is 13.9. The van der Waals surface area contributed by atoms with Crippen LogP contribution in [0, 0.1) is 0 Å². The molecule has 1 nitrogen and oxygen atoms in total. The molecule has 3 aromatic rings. The van der Waals surface area contributed by atoms with Crippen molar-refractivity contribution < 1.29 is 4.43 Å². The fourth-order valence-electron chi connectivity index (χ4n) is 2.81. The minimum Gasteiger partial charge on any atom is -0.405 e. The van der Waals surface area contributed by atoms with Crippen LogP contribution in [0.2, 0.25) is 6.55 Å². The maximum Gasteiger partial charge on any atom is 0.253 e. The van der Waals surface area contributed by atoms with Crippen LogP contribution in [0.1, 0.15) is 5.56 Å². The van der Waals surface area contributed by atoms with E-state index in [9.17, 15) is 0 Å². The first-order chi connectivity index (χ1) is 11.8. The van der Waals surface area contributed by atoms with Crippen LogP contribution in [-0.4, -0.2) is 14.9 Å². The highest BCUT2D eigenvalue weighted by Crippen LogP contribution is 2.08. The maximum absolute atomic E-state index is 6.48. The van der Waals surface area contributed by atoms with Crippen molar-refractivity contribution in [3.8, 4) is 0 Å². The molecule has 0 aliphatic heterocycles. The van der Waals surface area contributed by atoms with Crippen molar-refractivity contribution >= 4 is 24.8 Å². The standard InChI is InChI=1S/C22H22OSi/c1-24(21-15-7-3-8-16-21,22-17-9-4-10-18-22)23-19-11-14-20-12-5-2-6-13-20/h2-18H,19H2,1H3/b14-11+. The molecule has 3 aromatic carbocycles. The summed E-state index contributed by atoms with van der Waals surface area (Å²) in [4.78, 5) is 0. The Bertz CT molecular complexity index is 727. The average Bonchev–Trinajstić information content (AvgIpc) is 2.67. The van der Waals surface area contributed by atoms with Crippen LogP contribution in [0.4, 0.5) is 0 Å². The van der Waals surface area contributed by atoms with Gasteiger partial charge in [-0.3, -0.25) is 0 Å². The summed E-state index contributed by atoms with van der Waals surface area (Å²) in [7, 11) is -2.19. The second-order valence-electron chi connectivity index (χ2n) is 5.89. The van der Waals surface area contributed by atoms with Crippen molar-refractivity contribution in [2.45, 2.75) is 6.55 Å². The van der Waals surface area contributed by atoms with Gasteiger partial charge in [-0.2, -0.15) is 0 Å². The molecule has 0 heterocycles. The van der Waals surface area contributed by atoms with Gasteiger partial charge >= 0.3 is 0 Å². The number of benzene rings is 3. The Labute approximate surface area is 145 Å². The molecule has 0 spiro atoms. The highest BCUT2D eigenvalue weighted by molar-refractivity contribution is 6.96. The van der Waals surface area contributed by atoms with Crippen LogP contribution in [0.5, 0.6) is 0 Å². The molecule has 24 heavy (non-hydrogen) atoms. The van der Waals surface area contributed by atoms with E-state index in [0.29, 0.717) is 6.61 Å². The van der Waals surface area contributed by atoms with Crippen LogP contribution in [0.3, 0.4) is 0 Å². The fourth-order valence-corrected chi connectivity index (χ4v) is 5.56. The highest BCUT2D eigenvalue weighted by Gasteiger charge is 2.33. The van der Waals surface area contributed by atoms with Crippen LogP contribution in [-0.2, 0) is 4.43 Å². The van der Waals surface area contributed by atoms with E-state index >= 15 is 0 Å². The molecule has 0 amide bonds. The Morgan fingerprint density at radius 1 is 0.708 bits per heavy atom. The normalized spacial score (nSPS) is 11.7. The molecule has 0 radical (unpaired) electrons. The molecule has 120 valence electrons. The zero-order chi connectivity index (χ0) is 16.7. The lowest BCUT2D eigenvalue weighted by molar-refractivity contribution is 0.368. The van der Waals surface area contributed by atoms with E-state index in [1.54, 1.807) is 0 Å². The molecular formula is C22H22OSi. The van der Waals surface area contributed by atoms with Crippen molar-refractivity contribution in [3.63, 3.8) is 0 Å². The molecule has 0 aliphatic rings. The Kier molecular flexibility index (Phi) is 5.42. The second-order valence-corrected chi connectivity index (χ2v) is 9.40. The van der Waals surface area contributed by atoms with Crippen LogP contribution in [0.25, 0.3) is 6.08 Å². The smallest absolute Gasteiger partial charge is 0.253 e. The van der Waals surface area contributed by atoms with E-state index in [2.05, 4.69) is 91.5 Å². The van der Waals surface area contributed by atoms with E-state index in [-0.39, 0.29) is 0 Å². The minimum atomic E-state index is -2.19. The Hall–Kier alpha value is -2.42. The van der Waals surface area contributed by atoms with Gasteiger partial charge in [-0.15, -0.1) is 0 Å². The van der Waals surface area contributed by atoms with E-state index in [4.69, 9.17) is 4.43 Å².